The van der Waals surface area contributed by atoms with E-state index in [-0.39, 0.29) is 5.25 Å². The van der Waals surface area contributed by atoms with Crippen LogP contribution in [-0.4, -0.2) is 26.8 Å². The smallest absolute Gasteiger partial charge is 0.181 e. The van der Waals surface area contributed by atoms with Crippen molar-refractivity contribution in [3.8, 4) is 0 Å². The molecule has 1 N–H and O–H groups in total. The van der Waals surface area contributed by atoms with Crippen LogP contribution in [0.4, 0.5) is 0 Å². The lowest BCUT2D eigenvalue weighted by Gasteiger charge is -2.14. The highest BCUT2D eigenvalue weighted by Crippen LogP contribution is 2.31. The minimum Gasteiger partial charge on any atom is -0.317 e. The number of aryl methyl sites for hydroxylation is 2. The quantitative estimate of drug-likeness (QED) is 0.913. The number of hydrogen-bond acceptors (Lipinski definition) is 3. The van der Waals surface area contributed by atoms with Crippen molar-refractivity contribution in [1.82, 2.24) is 5.32 Å². The van der Waals surface area contributed by atoms with Gasteiger partial charge < -0.3 is 5.32 Å². The van der Waals surface area contributed by atoms with Crippen molar-refractivity contribution in [2.24, 2.45) is 0 Å². The predicted molar refractivity (Wildman–Crippen MR) is 73.6 cm³/mol. The molecule has 0 bridgehead atoms. The molecule has 0 heterocycles. The van der Waals surface area contributed by atoms with Gasteiger partial charge in [-0.2, -0.15) is 0 Å². The Morgan fingerprint density at radius 1 is 1.22 bits per heavy atom. The molecule has 2 unspecified atom stereocenters. The summed E-state index contributed by atoms with van der Waals surface area (Å²) in [5.41, 5.74) is 1.97. The third-order valence-corrected chi connectivity index (χ3v) is 6.25. The maximum absolute atomic E-state index is 12.6. The van der Waals surface area contributed by atoms with Crippen molar-refractivity contribution >= 4 is 9.84 Å². The highest BCUT2D eigenvalue weighted by Gasteiger charge is 2.35. The number of hydrogen-bond donors (Lipinski definition) is 1. The van der Waals surface area contributed by atoms with E-state index in [1.807, 2.05) is 33.0 Å². The van der Waals surface area contributed by atoms with Gasteiger partial charge in [0.05, 0.1) is 10.1 Å². The molecule has 2 atom stereocenters. The van der Waals surface area contributed by atoms with E-state index in [2.05, 4.69) is 5.32 Å². The number of sulfone groups is 1. The molecular formula is C14H21NO2S. The monoisotopic (exact) mass is 267 g/mol. The molecule has 100 valence electrons. The van der Waals surface area contributed by atoms with Crippen LogP contribution >= 0.6 is 0 Å². The lowest BCUT2D eigenvalue weighted by molar-refractivity contribution is 0.564. The molecule has 1 aromatic carbocycles. The van der Waals surface area contributed by atoms with Crippen LogP contribution in [-0.2, 0) is 9.84 Å². The molecule has 1 aromatic rings. The molecule has 0 spiro atoms. The number of rotatable bonds is 3. The van der Waals surface area contributed by atoms with Gasteiger partial charge in [-0.3, -0.25) is 0 Å². The van der Waals surface area contributed by atoms with Crippen LogP contribution in [0.3, 0.4) is 0 Å². The average molecular weight is 267 g/mol. The zero-order valence-electron chi connectivity index (χ0n) is 11.2. The summed E-state index contributed by atoms with van der Waals surface area (Å²) >= 11 is 0. The molecule has 1 aliphatic carbocycles. The zero-order valence-corrected chi connectivity index (χ0v) is 12.0. The third-order valence-electron chi connectivity index (χ3n) is 3.87. The SMILES string of the molecule is CNC1CCC(S(=O)(=O)c2ccc(C)cc2C)C1. The molecule has 0 saturated heterocycles. The van der Waals surface area contributed by atoms with Crippen molar-refractivity contribution in [3.05, 3.63) is 29.3 Å². The van der Waals surface area contributed by atoms with Crippen LogP contribution in [0.1, 0.15) is 30.4 Å². The maximum atomic E-state index is 12.6. The summed E-state index contributed by atoms with van der Waals surface area (Å²) in [7, 11) is -1.27. The predicted octanol–water partition coefficient (Wildman–Crippen LogP) is 2.22. The van der Waals surface area contributed by atoms with Gasteiger partial charge in [0.2, 0.25) is 0 Å². The van der Waals surface area contributed by atoms with E-state index < -0.39 is 9.84 Å². The molecule has 2 rings (SSSR count). The van der Waals surface area contributed by atoms with E-state index >= 15 is 0 Å². The van der Waals surface area contributed by atoms with E-state index in [9.17, 15) is 8.42 Å². The largest absolute Gasteiger partial charge is 0.317 e. The van der Waals surface area contributed by atoms with Crippen molar-refractivity contribution < 1.29 is 8.42 Å². The van der Waals surface area contributed by atoms with Gasteiger partial charge in [-0.25, -0.2) is 8.42 Å². The minimum atomic E-state index is -3.17. The second kappa shape index (κ2) is 5.02. The summed E-state index contributed by atoms with van der Waals surface area (Å²) in [6.45, 7) is 3.86. The van der Waals surface area contributed by atoms with E-state index in [0.29, 0.717) is 10.9 Å². The van der Waals surface area contributed by atoms with Crippen LogP contribution < -0.4 is 5.32 Å². The molecule has 1 aliphatic rings. The molecule has 3 nitrogen and oxygen atoms in total. The van der Waals surface area contributed by atoms with Crippen LogP contribution in [0.25, 0.3) is 0 Å². The Morgan fingerprint density at radius 2 is 1.94 bits per heavy atom. The van der Waals surface area contributed by atoms with E-state index in [1.165, 1.54) is 0 Å². The lowest BCUT2D eigenvalue weighted by Crippen LogP contribution is -2.25. The molecule has 0 amide bonds. The Morgan fingerprint density at radius 3 is 2.50 bits per heavy atom. The fraction of sp³-hybridized carbons (Fsp3) is 0.571. The first kappa shape index (κ1) is 13.6. The summed E-state index contributed by atoms with van der Waals surface area (Å²) in [4.78, 5) is 0.509. The van der Waals surface area contributed by atoms with Crippen molar-refractivity contribution in [2.45, 2.75) is 49.3 Å². The topological polar surface area (TPSA) is 46.2 Å². The third kappa shape index (κ3) is 2.45. The second-order valence-electron chi connectivity index (χ2n) is 5.23. The van der Waals surface area contributed by atoms with Crippen LogP contribution in [0, 0.1) is 13.8 Å². The first-order valence-electron chi connectivity index (χ1n) is 6.43. The normalized spacial score (nSPS) is 24.4. The Balaban J connectivity index is 2.31. The van der Waals surface area contributed by atoms with Gasteiger partial charge in [-0.1, -0.05) is 17.7 Å². The summed E-state index contributed by atoms with van der Waals surface area (Å²) < 4.78 is 25.2. The first-order chi connectivity index (χ1) is 8.45. The van der Waals surface area contributed by atoms with Crippen LogP contribution in [0.5, 0.6) is 0 Å². The van der Waals surface area contributed by atoms with Crippen molar-refractivity contribution in [1.29, 1.82) is 0 Å². The van der Waals surface area contributed by atoms with Gasteiger partial charge in [0.15, 0.2) is 9.84 Å². The molecule has 0 aliphatic heterocycles. The van der Waals surface area contributed by atoms with Gasteiger partial charge in [0.25, 0.3) is 0 Å². The molecule has 1 fully saturated rings. The average Bonchev–Trinajstić information content (AvgIpc) is 2.77. The molecule has 1 saturated carbocycles. The number of nitrogens with one attached hydrogen (secondary N) is 1. The van der Waals surface area contributed by atoms with E-state index in [4.69, 9.17) is 0 Å². The summed E-state index contributed by atoms with van der Waals surface area (Å²) in [5.74, 6) is 0. The minimum absolute atomic E-state index is 0.226. The highest BCUT2D eigenvalue weighted by molar-refractivity contribution is 7.92. The zero-order chi connectivity index (χ0) is 13.3. The highest BCUT2D eigenvalue weighted by atomic mass is 32.2. The fourth-order valence-electron chi connectivity index (χ4n) is 2.78. The van der Waals surface area contributed by atoms with Gasteiger partial charge in [-0.05, 0) is 51.8 Å². The lowest BCUT2D eigenvalue weighted by atomic mass is 10.2. The van der Waals surface area contributed by atoms with Crippen molar-refractivity contribution in [2.75, 3.05) is 7.05 Å². The molecular weight excluding hydrogens is 246 g/mol. The fourth-order valence-corrected chi connectivity index (χ4v) is 4.84. The summed E-state index contributed by atoms with van der Waals surface area (Å²) in [5, 5.41) is 2.95. The van der Waals surface area contributed by atoms with Gasteiger partial charge in [0.1, 0.15) is 0 Å². The summed E-state index contributed by atoms with van der Waals surface area (Å²) in [6.07, 6.45) is 2.44. The molecule has 0 radical (unpaired) electrons. The Labute approximate surface area is 110 Å². The van der Waals surface area contributed by atoms with Crippen LogP contribution in [0.2, 0.25) is 0 Å². The van der Waals surface area contributed by atoms with Crippen molar-refractivity contribution in [3.63, 3.8) is 0 Å². The van der Waals surface area contributed by atoms with Gasteiger partial charge >= 0.3 is 0 Å². The maximum Gasteiger partial charge on any atom is 0.181 e. The van der Waals surface area contributed by atoms with E-state index in [1.54, 1.807) is 6.07 Å². The van der Waals surface area contributed by atoms with Crippen LogP contribution in [0.15, 0.2) is 23.1 Å². The summed E-state index contributed by atoms with van der Waals surface area (Å²) in [6, 6.07) is 5.92. The second-order valence-corrected chi connectivity index (χ2v) is 7.43. The Kier molecular flexibility index (Phi) is 3.78. The van der Waals surface area contributed by atoms with E-state index in [0.717, 1.165) is 30.4 Å². The van der Waals surface area contributed by atoms with Gasteiger partial charge in [-0.15, -0.1) is 0 Å². The number of benzene rings is 1. The standard InChI is InChI=1S/C14H21NO2S/c1-10-4-7-14(11(2)8-10)18(16,17)13-6-5-12(9-13)15-3/h4,7-8,12-13,15H,5-6,9H2,1-3H3. The Bertz CT molecular complexity index is 537. The van der Waals surface area contributed by atoms with Gasteiger partial charge in [0, 0.05) is 6.04 Å². The molecule has 18 heavy (non-hydrogen) atoms. The first-order valence-corrected chi connectivity index (χ1v) is 7.98. The molecule has 0 aromatic heterocycles. The Hall–Kier alpha value is -0.870. The molecule has 4 heteroatoms.